The second-order valence-corrected chi connectivity index (χ2v) is 0. The van der Waals surface area contributed by atoms with Crippen molar-refractivity contribution in [2.75, 3.05) is 0 Å². The van der Waals surface area contributed by atoms with E-state index in [0.29, 0.717) is 0 Å². The van der Waals surface area contributed by atoms with E-state index < -0.39 is 0 Å². The van der Waals surface area contributed by atoms with Crippen molar-refractivity contribution in [3.8, 4) is 0 Å². The van der Waals surface area contributed by atoms with E-state index in [9.17, 15) is 0 Å². The van der Waals surface area contributed by atoms with Gasteiger partial charge in [0.1, 0.15) is 0 Å². The van der Waals surface area contributed by atoms with Crippen molar-refractivity contribution in [3.05, 3.63) is 13.2 Å². The molecule has 0 aromatic heterocycles. The molecule has 0 aliphatic rings. The Labute approximate surface area is 71.3 Å². The summed E-state index contributed by atoms with van der Waals surface area (Å²) in [4.78, 5) is 0. The van der Waals surface area contributed by atoms with Crippen LogP contribution in [0.25, 0.3) is 0 Å². The Bertz CT molecular complexity index is 8.75. The number of hydrogen-bond acceptors (Lipinski definition) is 0. The summed E-state index contributed by atoms with van der Waals surface area (Å²) in [6.45, 7) is 6.00. The molecule has 0 spiro atoms. The van der Waals surface area contributed by atoms with Gasteiger partial charge in [0.2, 0.25) is 0 Å². The van der Waals surface area contributed by atoms with E-state index in [2.05, 4.69) is 13.2 Å². The first-order chi connectivity index (χ1) is 1.00. The molecule has 6 heavy (non-hydrogen) atoms. The van der Waals surface area contributed by atoms with Crippen LogP contribution in [-0.2, 0) is 21.1 Å². The molecule has 0 bridgehead atoms. The molecule has 0 fully saturated rings. The van der Waals surface area contributed by atoms with Crippen LogP contribution in [0.5, 0.6) is 0 Å². The molecule has 0 aromatic carbocycles. The summed E-state index contributed by atoms with van der Waals surface area (Å²) < 4.78 is 0. The van der Waals surface area contributed by atoms with Crippen molar-refractivity contribution in [3.63, 3.8) is 0 Å². The standard InChI is InChI=1S/C2H4.3ClH.Pt/c1-2;;;;/h1-2H2;3*1H;. The van der Waals surface area contributed by atoms with Gasteiger partial charge in [-0.05, 0) is 0 Å². The topological polar surface area (TPSA) is 0 Å². The van der Waals surface area contributed by atoms with Crippen LogP contribution in [0.1, 0.15) is 0 Å². The van der Waals surface area contributed by atoms with Crippen LogP contribution in [0.15, 0.2) is 13.2 Å². The fourth-order valence-electron chi connectivity index (χ4n) is 0. The van der Waals surface area contributed by atoms with E-state index >= 15 is 0 Å². The van der Waals surface area contributed by atoms with Crippen molar-refractivity contribution < 1.29 is 21.1 Å². The van der Waals surface area contributed by atoms with E-state index in [1.54, 1.807) is 0 Å². The van der Waals surface area contributed by atoms with Crippen LogP contribution in [0.3, 0.4) is 0 Å². The van der Waals surface area contributed by atoms with Crippen molar-refractivity contribution in [1.82, 2.24) is 0 Å². The molecule has 4 heteroatoms. The maximum Gasteiger partial charge on any atom is 0 e. The first kappa shape index (κ1) is 54.8. The van der Waals surface area contributed by atoms with Gasteiger partial charge in [0, 0.05) is 21.1 Å². The molecule has 0 aliphatic heterocycles. The predicted octanol–water partition coefficient (Wildman–Crippen LogP) is 2.07. The smallest absolute Gasteiger partial charge is 0 e. The Balaban J connectivity index is -0.000000000833. The molecule has 0 radical (unpaired) electrons. The van der Waals surface area contributed by atoms with Crippen LogP contribution >= 0.6 is 37.2 Å². The van der Waals surface area contributed by atoms with Crippen LogP contribution in [0.4, 0.5) is 0 Å². The van der Waals surface area contributed by atoms with E-state index in [4.69, 9.17) is 0 Å². The van der Waals surface area contributed by atoms with Gasteiger partial charge in [-0.3, -0.25) is 0 Å². The summed E-state index contributed by atoms with van der Waals surface area (Å²) in [6.07, 6.45) is 0. The quantitative estimate of drug-likeness (QED) is 0.596. The normalized spacial score (nSPS) is 0.667. The van der Waals surface area contributed by atoms with E-state index in [1.807, 2.05) is 0 Å². The fraction of sp³-hybridized carbons (Fsp3) is 0. The zero-order valence-electron chi connectivity index (χ0n) is 2.96. The molecule has 46 valence electrons. The summed E-state index contributed by atoms with van der Waals surface area (Å²) in [6, 6.07) is 0. The molecular formula is C2H7Cl3Pt. The van der Waals surface area contributed by atoms with Crippen molar-refractivity contribution in [1.29, 1.82) is 0 Å². The third kappa shape index (κ3) is 58.1. The van der Waals surface area contributed by atoms with Gasteiger partial charge in [-0.15, -0.1) is 50.4 Å². The van der Waals surface area contributed by atoms with Crippen molar-refractivity contribution >= 4 is 37.2 Å². The number of halogens is 3. The van der Waals surface area contributed by atoms with Gasteiger partial charge in [-0.25, -0.2) is 0 Å². The zero-order chi connectivity index (χ0) is 2.00. The first-order valence-electron chi connectivity index (χ1n) is 0.500. The summed E-state index contributed by atoms with van der Waals surface area (Å²) in [5, 5.41) is 0. The molecule has 0 saturated carbocycles. The third-order valence-corrected chi connectivity index (χ3v) is 0. The summed E-state index contributed by atoms with van der Waals surface area (Å²) in [7, 11) is 0. The molecule has 0 N–H and O–H groups in total. The molecule has 0 nitrogen and oxygen atoms in total. The predicted molar refractivity (Wildman–Crippen MR) is 33.0 cm³/mol. The molecule has 0 aliphatic carbocycles. The Morgan fingerprint density at radius 2 is 0.667 bits per heavy atom. The van der Waals surface area contributed by atoms with Gasteiger partial charge in [-0.2, -0.15) is 0 Å². The van der Waals surface area contributed by atoms with Gasteiger partial charge >= 0.3 is 0 Å². The Morgan fingerprint density at radius 3 is 0.667 bits per heavy atom. The van der Waals surface area contributed by atoms with Crippen LogP contribution in [0.2, 0.25) is 0 Å². The Morgan fingerprint density at radius 1 is 0.667 bits per heavy atom. The third-order valence-electron chi connectivity index (χ3n) is 0. The fourth-order valence-corrected chi connectivity index (χ4v) is 0. The zero-order valence-corrected chi connectivity index (χ0v) is 7.68. The molecule has 0 rings (SSSR count). The van der Waals surface area contributed by atoms with E-state index in [1.165, 1.54) is 0 Å². The van der Waals surface area contributed by atoms with E-state index in [-0.39, 0.29) is 58.3 Å². The second kappa shape index (κ2) is 105. The summed E-state index contributed by atoms with van der Waals surface area (Å²) in [5.41, 5.74) is 0. The average molecular weight is 333 g/mol. The minimum absolute atomic E-state index is 0. The molecule has 0 unspecified atom stereocenters. The molecule has 0 saturated heterocycles. The van der Waals surface area contributed by atoms with Crippen LogP contribution in [0, 0.1) is 0 Å². The Hall–Kier alpha value is 1.30. The molecule has 0 heterocycles. The minimum Gasteiger partial charge on any atom is -0.147 e. The monoisotopic (exact) mass is 331 g/mol. The molecule has 0 amide bonds. The van der Waals surface area contributed by atoms with Gasteiger partial charge in [-0.1, -0.05) is 0 Å². The molecule has 0 aromatic rings. The summed E-state index contributed by atoms with van der Waals surface area (Å²) >= 11 is 0. The largest absolute Gasteiger partial charge is 0.147 e. The SMILES string of the molecule is C=C.Cl.Cl.Cl.[Pt]. The van der Waals surface area contributed by atoms with Crippen LogP contribution < -0.4 is 0 Å². The van der Waals surface area contributed by atoms with Gasteiger partial charge < -0.3 is 0 Å². The number of rotatable bonds is 0. The average Bonchev–Trinajstić information content (AvgIpc) is 1.00. The number of hydrogen-bond donors (Lipinski definition) is 0. The van der Waals surface area contributed by atoms with Crippen molar-refractivity contribution in [2.24, 2.45) is 0 Å². The molecule has 0 atom stereocenters. The van der Waals surface area contributed by atoms with Gasteiger partial charge in [0.15, 0.2) is 0 Å². The second-order valence-electron chi connectivity index (χ2n) is 0. The van der Waals surface area contributed by atoms with Gasteiger partial charge in [0.05, 0.1) is 0 Å². The first-order valence-corrected chi connectivity index (χ1v) is 0.500. The maximum absolute atomic E-state index is 3.00. The van der Waals surface area contributed by atoms with Gasteiger partial charge in [0.25, 0.3) is 0 Å². The minimum atomic E-state index is 0. The maximum atomic E-state index is 3.00. The van der Waals surface area contributed by atoms with E-state index in [0.717, 1.165) is 0 Å². The van der Waals surface area contributed by atoms with Crippen LogP contribution in [-0.4, -0.2) is 0 Å². The molecular weight excluding hydrogens is 325 g/mol. The Kier molecular flexibility index (Phi) is 958. The van der Waals surface area contributed by atoms with Crippen molar-refractivity contribution in [2.45, 2.75) is 0 Å². The summed E-state index contributed by atoms with van der Waals surface area (Å²) in [5.74, 6) is 0.